The van der Waals surface area contributed by atoms with Crippen LogP contribution in [-0.4, -0.2) is 39.9 Å². The highest BCUT2D eigenvalue weighted by molar-refractivity contribution is 5.05. The number of aryl methyl sites for hydroxylation is 1. The molecule has 1 aromatic rings. The Kier molecular flexibility index (Phi) is 4.86. The molecule has 0 amide bonds. The Morgan fingerprint density at radius 1 is 1.35 bits per heavy atom. The van der Waals surface area contributed by atoms with E-state index in [0.29, 0.717) is 17.5 Å². The topological polar surface area (TPSA) is 33.1 Å². The smallest absolute Gasteiger partial charge is 0.0534 e. The van der Waals surface area contributed by atoms with E-state index >= 15 is 0 Å². The van der Waals surface area contributed by atoms with Crippen LogP contribution in [0.15, 0.2) is 12.4 Å². The minimum Gasteiger partial charge on any atom is -0.311 e. The molecule has 1 aromatic heterocycles. The Bertz CT molecular complexity index is 418. The van der Waals surface area contributed by atoms with Crippen LogP contribution < -0.4 is 5.32 Å². The van der Waals surface area contributed by atoms with E-state index in [1.807, 2.05) is 10.9 Å². The molecule has 0 bridgehead atoms. The Morgan fingerprint density at radius 3 is 2.65 bits per heavy atom. The van der Waals surface area contributed by atoms with Crippen LogP contribution >= 0.6 is 0 Å². The molecule has 0 aromatic carbocycles. The van der Waals surface area contributed by atoms with Crippen molar-refractivity contribution >= 4 is 0 Å². The van der Waals surface area contributed by atoms with E-state index in [-0.39, 0.29) is 0 Å². The van der Waals surface area contributed by atoms with Gasteiger partial charge >= 0.3 is 0 Å². The molecular weight excluding hydrogens is 248 g/mol. The first kappa shape index (κ1) is 15.5. The number of hydrogen-bond donors (Lipinski definition) is 1. The molecule has 1 fully saturated rings. The first-order valence-electron chi connectivity index (χ1n) is 7.92. The molecule has 0 saturated carbocycles. The Balaban J connectivity index is 2.05. The predicted octanol–water partition coefficient (Wildman–Crippen LogP) is 2.50. The number of nitrogens with one attached hydrogen (secondary N) is 1. The van der Waals surface area contributed by atoms with Gasteiger partial charge in [0.05, 0.1) is 6.20 Å². The molecule has 1 saturated heterocycles. The summed E-state index contributed by atoms with van der Waals surface area (Å²) in [7, 11) is 0. The monoisotopic (exact) mass is 278 g/mol. The average molecular weight is 278 g/mol. The molecule has 1 N–H and O–H groups in total. The highest BCUT2D eigenvalue weighted by Gasteiger charge is 2.33. The van der Waals surface area contributed by atoms with Gasteiger partial charge in [-0.3, -0.25) is 9.58 Å². The normalized spacial score (nSPS) is 25.1. The first-order valence-corrected chi connectivity index (χ1v) is 7.92. The zero-order valence-electron chi connectivity index (χ0n) is 13.7. The summed E-state index contributed by atoms with van der Waals surface area (Å²) in [6, 6.07) is 1.20. The lowest BCUT2D eigenvalue weighted by molar-refractivity contribution is 0.0775. The van der Waals surface area contributed by atoms with Crippen LogP contribution in [0.4, 0.5) is 0 Å². The lowest BCUT2D eigenvalue weighted by Crippen LogP contribution is -2.59. The van der Waals surface area contributed by atoms with Crippen molar-refractivity contribution in [3.8, 4) is 0 Å². The summed E-state index contributed by atoms with van der Waals surface area (Å²) in [6.45, 7) is 15.6. The summed E-state index contributed by atoms with van der Waals surface area (Å²) in [5.74, 6) is 0. The predicted molar refractivity (Wildman–Crippen MR) is 83.6 cm³/mol. The highest BCUT2D eigenvalue weighted by Crippen LogP contribution is 2.25. The lowest BCUT2D eigenvalue weighted by Gasteiger charge is -2.44. The van der Waals surface area contributed by atoms with Gasteiger partial charge in [0.2, 0.25) is 0 Å². The van der Waals surface area contributed by atoms with Crippen molar-refractivity contribution in [2.75, 3.05) is 13.1 Å². The fraction of sp³-hybridized carbons (Fsp3) is 0.812. The molecule has 0 aliphatic carbocycles. The second-order valence-electron chi connectivity index (χ2n) is 7.02. The van der Waals surface area contributed by atoms with Gasteiger partial charge in [-0.2, -0.15) is 5.10 Å². The maximum Gasteiger partial charge on any atom is 0.0534 e. The molecule has 0 spiro atoms. The maximum absolute atomic E-state index is 4.39. The molecule has 2 unspecified atom stereocenters. The number of aromatic nitrogens is 2. The molecule has 1 aliphatic heterocycles. The second kappa shape index (κ2) is 6.27. The molecule has 114 valence electrons. The quantitative estimate of drug-likeness (QED) is 0.918. The zero-order chi connectivity index (χ0) is 14.8. The van der Waals surface area contributed by atoms with E-state index in [4.69, 9.17) is 0 Å². The van der Waals surface area contributed by atoms with E-state index in [9.17, 15) is 0 Å². The summed E-state index contributed by atoms with van der Waals surface area (Å²) in [4.78, 5) is 2.63. The highest BCUT2D eigenvalue weighted by atomic mass is 15.3. The van der Waals surface area contributed by atoms with Gasteiger partial charge < -0.3 is 5.32 Å². The standard InChI is InChI=1S/C16H30N4/c1-6-14-9-17-15(16(3,4)5)12-19(14)10-13-8-18-20(7-2)11-13/h8,11,14-15,17H,6-7,9-10,12H2,1-5H3. The van der Waals surface area contributed by atoms with Gasteiger partial charge in [0, 0.05) is 50.0 Å². The van der Waals surface area contributed by atoms with Crippen LogP contribution in [0.1, 0.15) is 46.6 Å². The van der Waals surface area contributed by atoms with Gasteiger partial charge in [0.1, 0.15) is 0 Å². The van der Waals surface area contributed by atoms with Gasteiger partial charge in [0.15, 0.2) is 0 Å². The van der Waals surface area contributed by atoms with Crippen molar-refractivity contribution in [3.63, 3.8) is 0 Å². The summed E-state index contributed by atoms with van der Waals surface area (Å²) < 4.78 is 2.01. The fourth-order valence-electron chi connectivity index (χ4n) is 2.93. The Labute approximate surface area is 123 Å². The molecule has 4 nitrogen and oxygen atoms in total. The van der Waals surface area contributed by atoms with E-state index in [1.54, 1.807) is 0 Å². The molecule has 2 heterocycles. The van der Waals surface area contributed by atoms with Crippen molar-refractivity contribution in [2.45, 2.75) is 66.2 Å². The van der Waals surface area contributed by atoms with Crippen LogP contribution in [0.25, 0.3) is 0 Å². The molecule has 20 heavy (non-hydrogen) atoms. The van der Waals surface area contributed by atoms with Crippen molar-refractivity contribution in [1.29, 1.82) is 0 Å². The number of piperazine rings is 1. The summed E-state index contributed by atoms with van der Waals surface area (Å²) in [5.41, 5.74) is 1.64. The third kappa shape index (κ3) is 3.61. The summed E-state index contributed by atoms with van der Waals surface area (Å²) >= 11 is 0. The summed E-state index contributed by atoms with van der Waals surface area (Å²) in [6.07, 6.45) is 5.40. The van der Waals surface area contributed by atoms with Crippen LogP contribution in [-0.2, 0) is 13.1 Å². The van der Waals surface area contributed by atoms with Gasteiger partial charge in [-0.25, -0.2) is 0 Å². The third-order valence-electron chi connectivity index (χ3n) is 4.45. The summed E-state index contributed by atoms with van der Waals surface area (Å²) in [5, 5.41) is 8.12. The van der Waals surface area contributed by atoms with E-state index in [0.717, 1.165) is 26.2 Å². The molecular formula is C16H30N4. The number of rotatable bonds is 4. The molecule has 4 heteroatoms. The second-order valence-corrected chi connectivity index (χ2v) is 7.02. The van der Waals surface area contributed by atoms with E-state index < -0.39 is 0 Å². The molecule has 0 radical (unpaired) electrons. The first-order chi connectivity index (χ1) is 9.44. The van der Waals surface area contributed by atoms with Crippen molar-refractivity contribution in [2.24, 2.45) is 5.41 Å². The van der Waals surface area contributed by atoms with Gasteiger partial charge in [0.25, 0.3) is 0 Å². The zero-order valence-corrected chi connectivity index (χ0v) is 13.7. The van der Waals surface area contributed by atoms with Gasteiger partial charge in [-0.15, -0.1) is 0 Å². The maximum atomic E-state index is 4.39. The van der Waals surface area contributed by atoms with E-state index in [2.05, 4.69) is 56.1 Å². The SMILES string of the molecule is CCC1CNC(C(C)(C)C)CN1Cc1cnn(CC)c1. The molecule has 2 atom stereocenters. The van der Waals surface area contributed by atoms with Crippen molar-refractivity contribution in [3.05, 3.63) is 18.0 Å². The fourth-order valence-corrected chi connectivity index (χ4v) is 2.93. The number of nitrogens with zero attached hydrogens (tertiary/aromatic N) is 3. The van der Waals surface area contributed by atoms with Gasteiger partial charge in [-0.1, -0.05) is 27.7 Å². The van der Waals surface area contributed by atoms with E-state index in [1.165, 1.54) is 12.0 Å². The number of hydrogen-bond acceptors (Lipinski definition) is 3. The van der Waals surface area contributed by atoms with Gasteiger partial charge in [-0.05, 0) is 18.8 Å². The lowest BCUT2D eigenvalue weighted by atomic mass is 9.84. The largest absolute Gasteiger partial charge is 0.311 e. The van der Waals surface area contributed by atoms with Crippen LogP contribution in [0.2, 0.25) is 0 Å². The van der Waals surface area contributed by atoms with Crippen LogP contribution in [0.5, 0.6) is 0 Å². The minimum absolute atomic E-state index is 0.310. The Hall–Kier alpha value is -0.870. The molecule has 1 aliphatic rings. The van der Waals surface area contributed by atoms with Crippen LogP contribution in [0, 0.1) is 5.41 Å². The minimum atomic E-state index is 0.310. The Morgan fingerprint density at radius 2 is 2.10 bits per heavy atom. The molecule has 2 rings (SSSR count). The van der Waals surface area contributed by atoms with Crippen molar-refractivity contribution in [1.82, 2.24) is 20.0 Å². The van der Waals surface area contributed by atoms with Crippen molar-refractivity contribution < 1.29 is 0 Å². The third-order valence-corrected chi connectivity index (χ3v) is 4.45. The average Bonchev–Trinajstić information content (AvgIpc) is 2.85. The van der Waals surface area contributed by atoms with Crippen LogP contribution in [0.3, 0.4) is 0 Å².